The maximum Gasteiger partial charge on any atom is 0.196 e. The molecule has 122 valence electrons. The van der Waals surface area contributed by atoms with E-state index in [1.54, 1.807) is 36.4 Å². The summed E-state index contributed by atoms with van der Waals surface area (Å²) in [6.07, 6.45) is 2.85. The Morgan fingerprint density at radius 3 is 2.70 bits per heavy atom. The molecule has 2 aromatic rings. The smallest absolute Gasteiger partial charge is 0.196 e. The van der Waals surface area contributed by atoms with Gasteiger partial charge in [-0.15, -0.1) is 0 Å². The monoisotopic (exact) mass is 348 g/mol. The molecule has 4 nitrogen and oxygen atoms in total. The van der Waals surface area contributed by atoms with E-state index in [0.717, 1.165) is 12.5 Å². The molecule has 23 heavy (non-hydrogen) atoms. The molecule has 0 aliphatic rings. The molecule has 0 amide bonds. The lowest BCUT2D eigenvalue weighted by Gasteiger charge is -2.09. The Labute approximate surface area is 143 Å². The largest absolute Gasteiger partial charge is 0.507 e. The zero-order valence-corrected chi connectivity index (χ0v) is 15.3. The first kappa shape index (κ1) is 17.6. The molecule has 0 heterocycles. The van der Waals surface area contributed by atoms with E-state index in [2.05, 4.69) is 0 Å². The molecular weight excluding hydrogens is 328 g/mol. The summed E-state index contributed by atoms with van der Waals surface area (Å²) < 4.78 is 10.9. The topological polar surface area (TPSA) is 55.8 Å². The number of phenolic OH excluding ortho intramolecular Hbond substituents is 1. The van der Waals surface area contributed by atoms with Gasteiger partial charge < -0.3 is 13.7 Å². The number of hydrogen-bond acceptors (Lipinski definition) is 5. The molecule has 0 saturated heterocycles. The van der Waals surface area contributed by atoms with Crippen LogP contribution >= 0.6 is 12.0 Å². The molecule has 0 unspecified atom stereocenters. The van der Waals surface area contributed by atoms with Crippen LogP contribution in [0.4, 0.5) is 0 Å². The Morgan fingerprint density at radius 2 is 2.00 bits per heavy atom. The Bertz CT molecular complexity index is 634. The van der Waals surface area contributed by atoms with Gasteiger partial charge in [-0.05, 0) is 36.6 Å². The van der Waals surface area contributed by atoms with Crippen molar-refractivity contribution in [3.63, 3.8) is 0 Å². The van der Waals surface area contributed by atoms with Crippen LogP contribution < -0.4 is 4.74 Å². The Hall–Kier alpha value is -1.76. The number of ketones is 1. The highest BCUT2D eigenvalue weighted by Gasteiger charge is 2.13. The quantitative estimate of drug-likeness (QED) is 0.326. The first-order chi connectivity index (χ1) is 11.2. The fourth-order valence-corrected chi connectivity index (χ4v) is 3.62. The van der Waals surface area contributed by atoms with Crippen molar-refractivity contribution in [1.82, 2.24) is 0 Å². The maximum absolute atomic E-state index is 12.3. The highest BCUT2D eigenvalue weighted by atomic mass is 32.2. The van der Waals surface area contributed by atoms with Crippen molar-refractivity contribution < 1.29 is 18.5 Å². The first-order valence-corrected chi connectivity index (χ1v) is 10.2. The zero-order chi connectivity index (χ0) is 16.5. The number of phenols is 1. The van der Waals surface area contributed by atoms with Crippen molar-refractivity contribution in [2.24, 2.45) is 0 Å². The van der Waals surface area contributed by atoms with Crippen molar-refractivity contribution in [2.45, 2.75) is 12.5 Å². The Balaban J connectivity index is 1.92. The fraction of sp³-hybridized carbons (Fsp3) is 0.235. The average molecular weight is 348 g/mol. The van der Waals surface area contributed by atoms with Gasteiger partial charge in [0.05, 0.1) is 12.2 Å². The van der Waals surface area contributed by atoms with E-state index < -0.39 is 9.76 Å². The van der Waals surface area contributed by atoms with Crippen LogP contribution in [0.2, 0.25) is 6.04 Å². The number of carbonyl (C=O) groups is 1. The summed E-state index contributed by atoms with van der Waals surface area (Å²) in [6.45, 7) is 0.580. The van der Waals surface area contributed by atoms with Gasteiger partial charge in [-0.25, -0.2) is 0 Å². The summed E-state index contributed by atoms with van der Waals surface area (Å²) in [6, 6.07) is 14.8. The van der Waals surface area contributed by atoms with Gasteiger partial charge in [-0.1, -0.05) is 30.3 Å². The van der Waals surface area contributed by atoms with Gasteiger partial charge >= 0.3 is 0 Å². The minimum Gasteiger partial charge on any atom is -0.507 e. The predicted octanol–water partition coefficient (Wildman–Crippen LogP) is 3.19. The number of rotatable bonds is 9. The summed E-state index contributed by atoms with van der Waals surface area (Å²) in [7, 11) is -0.455. The molecule has 0 saturated carbocycles. The molecule has 0 radical (unpaired) electrons. The van der Waals surface area contributed by atoms with E-state index in [1.807, 2.05) is 12.3 Å². The second kappa shape index (κ2) is 9.39. The van der Waals surface area contributed by atoms with Crippen molar-refractivity contribution in [2.75, 3.05) is 12.9 Å². The van der Waals surface area contributed by atoms with E-state index in [9.17, 15) is 9.90 Å². The lowest BCUT2D eigenvalue weighted by molar-refractivity contribution is 0.103. The molecule has 1 N–H and O–H groups in total. The van der Waals surface area contributed by atoms with E-state index in [4.69, 9.17) is 8.61 Å². The van der Waals surface area contributed by atoms with Gasteiger partial charge in [0, 0.05) is 17.9 Å². The van der Waals surface area contributed by atoms with Gasteiger partial charge in [-0.2, -0.15) is 0 Å². The fourth-order valence-electron chi connectivity index (χ4n) is 2.07. The molecule has 0 fully saturated rings. The van der Waals surface area contributed by atoms with E-state index in [0.29, 0.717) is 17.9 Å². The molecule has 2 rings (SSSR count). The normalized spacial score (nSPS) is 11.0. The van der Waals surface area contributed by atoms with Gasteiger partial charge in [-0.3, -0.25) is 4.79 Å². The number of hydrogen-bond donors (Lipinski definition) is 1. The number of benzene rings is 2. The van der Waals surface area contributed by atoms with Crippen LogP contribution in [0, 0.1) is 0 Å². The van der Waals surface area contributed by atoms with Gasteiger partial charge in [0.2, 0.25) is 0 Å². The third-order valence-corrected chi connectivity index (χ3v) is 5.66. The highest BCUT2D eigenvalue weighted by Crippen LogP contribution is 2.26. The maximum atomic E-state index is 12.3. The minimum absolute atomic E-state index is 0.0588. The lowest BCUT2D eigenvalue weighted by atomic mass is 10.0. The molecule has 0 spiro atoms. The number of ether oxygens (including phenoxy) is 1. The van der Waals surface area contributed by atoms with E-state index in [1.165, 1.54) is 18.1 Å². The second-order valence-corrected chi connectivity index (χ2v) is 7.31. The second-order valence-electron chi connectivity index (χ2n) is 4.92. The predicted molar refractivity (Wildman–Crippen MR) is 96.0 cm³/mol. The van der Waals surface area contributed by atoms with Gasteiger partial charge in [0.25, 0.3) is 0 Å². The van der Waals surface area contributed by atoms with Crippen LogP contribution in [0.15, 0.2) is 48.5 Å². The SMILES string of the molecule is CSO[SiH2]CCCOc1ccc(C(=O)c2ccccc2)c(O)c1. The zero-order valence-electron chi connectivity index (χ0n) is 13.0. The molecule has 0 bridgehead atoms. The number of carbonyl (C=O) groups excluding carboxylic acids is 1. The van der Waals surface area contributed by atoms with Crippen molar-refractivity contribution in [3.05, 3.63) is 59.7 Å². The van der Waals surface area contributed by atoms with E-state index in [-0.39, 0.29) is 17.1 Å². The van der Waals surface area contributed by atoms with Crippen LogP contribution in [0.1, 0.15) is 22.3 Å². The minimum atomic E-state index is -0.455. The molecule has 2 aromatic carbocycles. The molecular formula is C17H20O4SSi. The van der Waals surface area contributed by atoms with Crippen molar-refractivity contribution >= 4 is 27.6 Å². The highest BCUT2D eigenvalue weighted by molar-refractivity contribution is 7.94. The lowest BCUT2D eigenvalue weighted by Crippen LogP contribution is -2.03. The van der Waals surface area contributed by atoms with Crippen LogP contribution in [0.5, 0.6) is 11.5 Å². The van der Waals surface area contributed by atoms with E-state index >= 15 is 0 Å². The molecule has 0 aliphatic carbocycles. The summed E-state index contributed by atoms with van der Waals surface area (Å²) in [5.74, 6) is 0.311. The van der Waals surface area contributed by atoms with Crippen LogP contribution in [0.3, 0.4) is 0 Å². The van der Waals surface area contributed by atoms with Crippen molar-refractivity contribution in [3.8, 4) is 11.5 Å². The number of aromatic hydroxyl groups is 1. The summed E-state index contributed by atoms with van der Waals surface area (Å²) in [5.41, 5.74) is 0.833. The molecule has 6 heteroatoms. The standard InChI is InChI=1S/C17H20O4SSi/c1-22-21-23-11-5-10-20-14-8-9-15(16(18)12-14)17(19)13-6-3-2-4-7-13/h2-4,6-9,12,18H,5,10-11,23H2,1H3. The Kier molecular flexibility index (Phi) is 7.18. The van der Waals surface area contributed by atoms with Crippen LogP contribution in [-0.4, -0.2) is 33.5 Å². The van der Waals surface area contributed by atoms with Gasteiger partial charge in [0.1, 0.15) is 11.5 Å². The summed E-state index contributed by atoms with van der Waals surface area (Å²) >= 11 is 1.42. The third-order valence-electron chi connectivity index (χ3n) is 3.26. The summed E-state index contributed by atoms with van der Waals surface area (Å²) in [4.78, 5) is 12.3. The van der Waals surface area contributed by atoms with Crippen molar-refractivity contribution in [1.29, 1.82) is 0 Å². The van der Waals surface area contributed by atoms with Gasteiger partial charge in [0.15, 0.2) is 15.5 Å². The molecule has 0 aromatic heterocycles. The average Bonchev–Trinajstić information content (AvgIpc) is 2.58. The summed E-state index contributed by atoms with van der Waals surface area (Å²) in [5, 5.41) is 10.1. The Morgan fingerprint density at radius 1 is 1.22 bits per heavy atom. The molecule has 0 aliphatic heterocycles. The first-order valence-electron chi connectivity index (χ1n) is 7.43. The third kappa shape index (κ3) is 5.42. The molecule has 0 atom stereocenters. The van der Waals surface area contributed by atoms with Crippen LogP contribution in [-0.2, 0) is 3.87 Å². The van der Waals surface area contributed by atoms with Crippen LogP contribution in [0.25, 0.3) is 0 Å².